The van der Waals surface area contributed by atoms with Crippen molar-refractivity contribution in [2.24, 2.45) is 17.6 Å². The molecule has 3 N–H and O–H groups in total. The minimum atomic E-state index is -0.726. The summed E-state index contributed by atoms with van der Waals surface area (Å²) in [6.07, 6.45) is 6.51. The van der Waals surface area contributed by atoms with E-state index in [9.17, 15) is 14.8 Å². The first-order valence-electron chi connectivity index (χ1n) is 13.5. The number of tetrazole rings is 1. The zero-order valence-corrected chi connectivity index (χ0v) is 23.9. The minimum Gasteiger partial charge on any atom is -0.618 e. The third kappa shape index (κ3) is 5.66. The van der Waals surface area contributed by atoms with Crippen LogP contribution in [0.1, 0.15) is 24.6 Å². The zero-order valence-electron chi connectivity index (χ0n) is 23.2. The summed E-state index contributed by atoms with van der Waals surface area (Å²) in [4.78, 5) is 23.3. The van der Waals surface area contributed by atoms with E-state index < -0.39 is 18.0 Å². The Morgan fingerprint density at radius 3 is 2.61 bits per heavy atom. The van der Waals surface area contributed by atoms with Crippen LogP contribution in [0.3, 0.4) is 0 Å². The standard InChI is InChI=1S/C29H25ClFN9O4/c1-44-29(42)35-20-5-2-16(3-6-20)19-12-34-38(13-19)25(11-18-10-21(18)28(32)41)23-8-4-17(14-40(23)43)26-24(39-15-33-36-37-39)9-7-22(30)27(26)31/h2-9,12-15,18,21,25H,10-11H2,1H3,(H2,32,41)(H,35,42). The Hall–Kier alpha value is -5.37. The van der Waals surface area contributed by atoms with E-state index in [4.69, 9.17) is 17.3 Å². The largest absolute Gasteiger partial charge is 0.618 e. The van der Waals surface area contributed by atoms with E-state index >= 15 is 4.39 Å². The number of nitrogens with two attached hydrogens (primary N) is 1. The van der Waals surface area contributed by atoms with Crippen LogP contribution in [0, 0.1) is 22.9 Å². The normalized spacial score (nSPS) is 16.3. The molecule has 13 nitrogen and oxygen atoms in total. The van der Waals surface area contributed by atoms with Crippen LogP contribution in [0.15, 0.2) is 73.4 Å². The number of carbonyl (C=O) groups is 2. The number of carbonyl (C=O) groups excluding carboxylic acids is 2. The third-order valence-electron chi connectivity index (χ3n) is 7.63. The Labute approximate surface area is 254 Å². The van der Waals surface area contributed by atoms with Crippen molar-refractivity contribution >= 4 is 29.3 Å². The fourth-order valence-electron chi connectivity index (χ4n) is 5.26. The summed E-state index contributed by atoms with van der Waals surface area (Å²) < 4.78 is 23.6. The highest BCUT2D eigenvalue weighted by Gasteiger charge is 2.44. The molecule has 1 saturated carbocycles. The number of nitrogens with one attached hydrogen (secondary N) is 1. The highest BCUT2D eigenvalue weighted by Crippen LogP contribution is 2.45. The predicted octanol–water partition coefficient (Wildman–Crippen LogP) is 3.90. The van der Waals surface area contributed by atoms with Crippen LogP contribution in [0.25, 0.3) is 27.9 Å². The first kappa shape index (κ1) is 28.7. The van der Waals surface area contributed by atoms with Gasteiger partial charge in [-0.1, -0.05) is 23.7 Å². The van der Waals surface area contributed by atoms with Gasteiger partial charge in [0, 0.05) is 29.4 Å². The number of halogens is 2. The van der Waals surface area contributed by atoms with E-state index in [1.807, 2.05) is 12.1 Å². The second kappa shape index (κ2) is 11.7. The molecule has 2 aromatic carbocycles. The van der Waals surface area contributed by atoms with E-state index in [-0.39, 0.29) is 33.9 Å². The van der Waals surface area contributed by atoms with Crippen molar-refractivity contribution in [3.8, 4) is 27.9 Å². The van der Waals surface area contributed by atoms with Crippen LogP contribution < -0.4 is 15.8 Å². The van der Waals surface area contributed by atoms with Crippen molar-refractivity contribution in [3.05, 3.63) is 95.2 Å². The summed E-state index contributed by atoms with van der Waals surface area (Å²) in [5.74, 6) is -1.41. The number of primary amides is 1. The van der Waals surface area contributed by atoms with Gasteiger partial charge in [-0.2, -0.15) is 14.5 Å². The van der Waals surface area contributed by atoms with Crippen molar-refractivity contribution in [2.45, 2.75) is 18.9 Å². The number of methoxy groups -OCH3 is 1. The van der Waals surface area contributed by atoms with Crippen molar-refractivity contribution in [1.29, 1.82) is 0 Å². The fourth-order valence-corrected chi connectivity index (χ4v) is 5.41. The Bertz CT molecular complexity index is 1850. The van der Waals surface area contributed by atoms with E-state index in [0.717, 1.165) is 11.1 Å². The van der Waals surface area contributed by atoms with Crippen molar-refractivity contribution in [3.63, 3.8) is 0 Å². The van der Waals surface area contributed by atoms with Crippen molar-refractivity contribution in [2.75, 3.05) is 12.4 Å². The van der Waals surface area contributed by atoms with Crippen LogP contribution in [-0.2, 0) is 9.53 Å². The molecule has 0 saturated heterocycles. The molecule has 0 radical (unpaired) electrons. The fraction of sp³-hybridized carbons (Fsp3) is 0.207. The molecule has 3 aromatic heterocycles. The molecule has 5 aromatic rings. The van der Waals surface area contributed by atoms with Gasteiger partial charge in [0.15, 0.2) is 12.0 Å². The average Bonchev–Trinajstić information content (AvgIpc) is 3.35. The number of rotatable bonds is 9. The maximum atomic E-state index is 15.4. The highest BCUT2D eigenvalue weighted by atomic mass is 35.5. The summed E-state index contributed by atoms with van der Waals surface area (Å²) in [7, 11) is 1.28. The predicted molar refractivity (Wildman–Crippen MR) is 156 cm³/mol. The molecule has 2 amide bonds. The molecule has 3 heterocycles. The van der Waals surface area contributed by atoms with Crippen molar-refractivity contribution in [1.82, 2.24) is 30.0 Å². The summed E-state index contributed by atoms with van der Waals surface area (Å²) in [5.41, 5.74) is 8.64. The zero-order chi connectivity index (χ0) is 31.0. The van der Waals surface area contributed by atoms with Gasteiger partial charge in [-0.15, -0.1) is 5.10 Å². The summed E-state index contributed by atoms with van der Waals surface area (Å²) >= 11 is 6.10. The van der Waals surface area contributed by atoms with Gasteiger partial charge in [-0.05, 0) is 65.1 Å². The Balaban J connectivity index is 1.35. The van der Waals surface area contributed by atoms with E-state index in [2.05, 4.69) is 30.7 Å². The Kier molecular flexibility index (Phi) is 7.66. The third-order valence-corrected chi connectivity index (χ3v) is 7.92. The minimum absolute atomic E-state index is 0.0229. The lowest BCUT2D eigenvalue weighted by Crippen LogP contribution is -2.36. The highest BCUT2D eigenvalue weighted by molar-refractivity contribution is 6.31. The second-order valence-corrected chi connectivity index (χ2v) is 10.7. The van der Waals surface area contributed by atoms with Gasteiger partial charge in [0.25, 0.3) is 0 Å². The molecule has 1 aliphatic carbocycles. The second-order valence-electron chi connectivity index (χ2n) is 10.3. The monoisotopic (exact) mass is 617 g/mol. The van der Waals surface area contributed by atoms with Gasteiger partial charge in [0.05, 0.1) is 35.1 Å². The number of amides is 2. The van der Waals surface area contributed by atoms with E-state index in [1.165, 1.54) is 30.4 Å². The number of hydrogen-bond donors (Lipinski definition) is 2. The maximum Gasteiger partial charge on any atom is 0.411 e. The Morgan fingerprint density at radius 1 is 1.18 bits per heavy atom. The van der Waals surface area contributed by atoms with E-state index in [1.54, 1.807) is 47.4 Å². The molecule has 6 rings (SSSR count). The molecule has 0 bridgehead atoms. The first-order chi connectivity index (χ1) is 21.2. The number of aromatic nitrogens is 7. The number of benzene rings is 2. The van der Waals surface area contributed by atoms with E-state index in [0.29, 0.717) is 34.6 Å². The number of nitrogens with zero attached hydrogens (tertiary/aromatic N) is 7. The molecule has 3 unspecified atom stereocenters. The molecule has 0 aliphatic heterocycles. The lowest BCUT2D eigenvalue weighted by molar-refractivity contribution is -0.615. The molecule has 3 atom stereocenters. The molecule has 1 fully saturated rings. The van der Waals surface area contributed by atoms with Crippen LogP contribution in [0.2, 0.25) is 5.02 Å². The number of hydrogen-bond acceptors (Lipinski definition) is 8. The quantitative estimate of drug-likeness (QED) is 0.185. The summed E-state index contributed by atoms with van der Waals surface area (Å²) in [6, 6.07) is 12.7. The average molecular weight is 618 g/mol. The molecule has 224 valence electrons. The molecule has 1 aliphatic rings. The molecular weight excluding hydrogens is 593 g/mol. The lowest BCUT2D eigenvalue weighted by Gasteiger charge is -2.18. The van der Waals surface area contributed by atoms with Gasteiger partial charge in [-0.25, -0.2) is 9.18 Å². The van der Waals surface area contributed by atoms with Gasteiger partial charge in [0.1, 0.15) is 12.4 Å². The Morgan fingerprint density at radius 2 is 1.95 bits per heavy atom. The van der Waals surface area contributed by atoms with Crippen molar-refractivity contribution < 1.29 is 23.4 Å². The van der Waals surface area contributed by atoms with Gasteiger partial charge in [0.2, 0.25) is 11.6 Å². The van der Waals surface area contributed by atoms with Crippen LogP contribution >= 0.6 is 11.6 Å². The van der Waals surface area contributed by atoms with Crippen LogP contribution in [-0.4, -0.2) is 49.1 Å². The topological polar surface area (TPSA) is 170 Å². The molecule has 44 heavy (non-hydrogen) atoms. The molecular formula is C29H25ClFN9O4. The number of anilines is 1. The maximum absolute atomic E-state index is 15.4. The lowest BCUT2D eigenvalue weighted by atomic mass is 10.0. The molecule has 0 spiro atoms. The van der Waals surface area contributed by atoms with Gasteiger partial charge < -0.3 is 15.7 Å². The smallest absolute Gasteiger partial charge is 0.411 e. The SMILES string of the molecule is COC(=O)Nc1ccc(-c2cnn(C(CC3CC3C(N)=O)c3ccc(-c4c(-n5cnnn5)ccc(Cl)c4F)c[n+]3[O-])c2)cc1. The number of pyridine rings is 1. The summed E-state index contributed by atoms with van der Waals surface area (Å²) in [6.45, 7) is 0. The van der Waals surface area contributed by atoms with Crippen LogP contribution in [0.5, 0.6) is 0 Å². The first-order valence-corrected chi connectivity index (χ1v) is 13.8. The summed E-state index contributed by atoms with van der Waals surface area (Å²) in [5, 5.41) is 31.7. The van der Waals surface area contributed by atoms with Crippen LogP contribution in [0.4, 0.5) is 14.9 Å². The van der Waals surface area contributed by atoms with Gasteiger partial charge in [-0.3, -0.25) is 14.8 Å². The number of ether oxygens (including phenoxy) is 1. The molecule has 15 heteroatoms. The van der Waals surface area contributed by atoms with Gasteiger partial charge >= 0.3 is 6.09 Å².